The van der Waals surface area contributed by atoms with Gasteiger partial charge in [0.25, 0.3) is 5.56 Å². The van der Waals surface area contributed by atoms with Gasteiger partial charge in [0.05, 0.1) is 5.56 Å². The summed E-state index contributed by atoms with van der Waals surface area (Å²) in [4.78, 5) is 32.4. The Morgan fingerprint density at radius 1 is 1.00 bits per heavy atom. The average Bonchev–Trinajstić information content (AvgIpc) is 2.71. The molecular weight excluding hydrogens is 346 g/mol. The number of aromatic nitrogens is 3. The number of fused-ring (bicyclic) bond motifs is 1. The second-order valence-corrected chi connectivity index (χ2v) is 5.88. The smallest absolute Gasteiger partial charge is 0.354 e. The molecule has 3 heterocycles. The normalized spacial score (nSPS) is 10.8. The van der Waals surface area contributed by atoms with E-state index in [-0.39, 0.29) is 22.5 Å². The SMILES string of the molecule is O=C(O)c1cc2cc(-c3ccccc3)c(=O)n(O)c2c(-c2cccnc2)n1. The summed E-state index contributed by atoms with van der Waals surface area (Å²) in [7, 11) is 0. The first-order valence-electron chi connectivity index (χ1n) is 8.05. The van der Waals surface area contributed by atoms with E-state index in [9.17, 15) is 19.9 Å². The summed E-state index contributed by atoms with van der Waals surface area (Å²) in [6.45, 7) is 0. The highest BCUT2D eigenvalue weighted by Crippen LogP contribution is 2.28. The molecule has 7 nitrogen and oxygen atoms in total. The van der Waals surface area contributed by atoms with E-state index in [1.165, 1.54) is 12.3 Å². The van der Waals surface area contributed by atoms with Crippen LogP contribution in [0.4, 0.5) is 0 Å². The summed E-state index contributed by atoms with van der Waals surface area (Å²) in [5.74, 6) is -1.21. The number of nitrogens with zero attached hydrogens (tertiary/aromatic N) is 3. The minimum Gasteiger partial charge on any atom is -0.477 e. The van der Waals surface area contributed by atoms with Crippen molar-refractivity contribution in [2.24, 2.45) is 0 Å². The molecule has 0 unspecified atom stereocenters. The molecular formula is C20H13N3O4. The molecule has 4 aromatic rings. The first-order chi connectivity index (χ1) is 13.1. The molecule has 1 aromatic carbocycles. The minimum absolute atomic E-state index is 0.123. The zero-order valence-corrected chi connectivity index (χ0v) is 13.9. The summed E-state index contributed by atoms with van der Waals surface area (Å²) >= 11 is 0. The van der Waals surface area contributed by atoms with Crippen molar-refractivity contribution in [1.82, 2.24) is 14.7 Å². The van der Waals surface area contributed by atoms with E-state index < -0.39 is 11.5 Å². The minimum atomic E-state index is -1.21. The summed E-state index contributed by atoms with van der Waals surface area (Å²) in [5.41, 5.74) is 0.826. The number of rotatable bonds is 3. The fourth-order valence-corrected chi connectivity index (χ4v) is 2.96. The highest BCUT2D eigenvalue weighted by molar-refractivity contribution is 5.98. The lowest BCUT2D eigenvalue weighted by Crippen LogP contribution is -2.21. The molecule has 27 heavy (non-hydrogen) atoms. The number of hydrogen-bond donors (Lipinski definition) is 2. The topological polar surface area (TPSA) is 105 Å². The average molecular weight is 359 g/mol. The maximum atomic E-state index is 12.7. The summed E-state index contributed by atoms with van der Waals surface area (Å²) in [6, 6.07) is 15.1. The number of benzene rings is 1. The molecule has 132 valence electrons. The number of carboxylic acids is 1. The van der Waals surface area contributed by atoms with Crippen LogP contribution in [0, 0.1) is 0 Å². The van der Waals surface area contributed by atoms with Crippen molar-refractivity contribution in [1.29, 1.82) is 0 Å². The summed E-state index contributed by atoms with van der Waals surface area (Å²) in [5, 5.41) is 20.4. The molecule has 0 aliphatic rings. The van der Waals surface area contributed by atoms with Gasteiger partial charge in [-0.1, -0.05) is 30.3 Å². The first-order valence-corrected chi connectivity index (χ1v) is 8.05. The van der Waals surface area contributed by atoms with E-state index in [0.717, 1.165) is 0 Å². The van der Waals surface area contributed by atoms with Gasteiger partial charge >= 0.3 is 5.97 Å². The van der Waals surface area contributed by atoms with Crippen molar-refractivity contribution in [2.45, 2.75) is 0 Å². The molecule has 3 aromatic heterocycles. The van der Waals surface area contributed by atoms with Crippen LogP contribution in [0.1, 0.15) is 10.5 Å². The molecule has 2 N–H and O–H groups in total. The van der Waals surface area contributed by atoms with Crippen molar-refractivity contribution in [3.8, 4) is 22.4 Å². The predicted octanol–water partition coefficient (Wildman–Crippen LogP) is 3.06. The second kappa shape index (κ2) is 6.38. The van der Waals surface area contributed by atoms with Gasteiger partial charge in [-0.15, -0.1) is 4.73 Å². The Hall–Kier alpha value is -4.00. The summed E-state index contributed by atoms with van der Waals surface area (Å²) in [6.07, 6.45) is 3.05. The monoisotopic (exact) mass is 359 g/mol. The Kier molecular flexibility index (Phi) is 3.89. The van der Waals surface area contributed by atoms with Crippen LogP contribution in [-0.2, 0) is 0 Å². The maximum Gasteiger partial charge on any atom is 0.354 e. The Morgan fingerprint density at radius 3 is 2.41 bits per heavy atom. The number of carbonyl (C=O) groups is 1. The largest absolute Gasteiger partial charge is 0.477 e. The predicted molar refractivity (Wildman–Crippen MR) is 98.8 cm³/mol. The standard InChI is InChI=1S/C20H13N3O4/c24-19-15(12-5-2-1-3-6-12)9-14-10-16(20(25)26)22-17(18(14)23(19)27)13-7-4-8-21-11-13/h1-11,27H,(H,25,26). The zero-order valence-electron chi connectivity index (χ0n) is 13.9. The maximum absolute atomic E-state index is 12.7. The van der Waals surface area contributed by atoms with Gasteiger partial charge in [0.2, 0.25) is 0 Å². The van der Waals surface area contributed by atoms with Gasteiger partial charge in [-0.3, -0.25) is 9.78 Å². The van der Waals surface area contributed by atoms with Gasteiger partial charge in [0.1, 0.15) is 16.9 Å². The third-order valence-electron chi connectivity index (χ3n) is 4.20. The quantitative estimate of drug-likeness (QED) is 0.545. The molecule has 0 saturated heterocycles. The van der Waals surface area contributed by atoms with Crippen molar-refractivity contribution >= 4 is 16.9 Å². The number of hydrogen-bond acceptors (Lipinski definition) is 5. The van der Waals surface area contributed by atoms with Crippen LogP contribution in [0.2, 0.25) is 0 Å². The van der Waals surface area contributed by atoms with Crippen molar-refractivity contribution in [2.75, 3.05) is 0 Å². The Labute approximate surface area is 152 Å². The third kappa shape index (κ3) is 2.81. The van der Waals surface area contributed by atoms with Crippen LogP contribution in [-0.4, -0.2) is 31.0 Å². The van der Waals surface area contributed by atoms with E-state index in [2.05, 4.69) is 9.97 Å². The molecule has 0 radical (unpaired) electrons. The molecule has 7 heteroatoms. The molecule has 0 aliphatic heterocycles. The molecule has 4 rings (SSSR count). The number of carboxylic acid groups (broad SMARTS) is 1. The molecule has 0 aliphatic carbocycles. The number of aromatic carboxylic acids is 1. The van der Waals surface area contributed by atoms with Crippen molar-refractivity contribution < 1.29 is 15.1 Å². The van der Waals surface area contributed by atoms with Crippen LogP contribution in [0.5, 0.6) is 0 Å². The fraction of sp³-hybridized carbons (Fsp3) is 0. The molecule has 0 fully saturated rings. The molecule has 0 spiro atoms. The van der Waals surface area contributed by atoms with Gasteiger partial charge in [0.15, 0.2) is 0 Å². The highest BCUT2D eigenvalue weighted by Gasteiger charge is 2.19. The molecule has 0 saturated carbocycles. The Balaban J connectivity index is 2.12. The van der Waals surface area contributed by atoms with Crippen LogP contribution in [0.15, 0.2) is 71.8 Å². The van der Waals surface area contributed by atoms with Crippen molar-refractivity contribution in [3.63, 3.8) is 0 Å². The van der Waals surface area contributed by atoms with Crippen LogP contribution < -0.4 is 5.56 Å². The zero-order chi connectivity index (χ0) is 19.0. The molecule has 0 bridgehead atoms. The lowest BCUT2D eigenvalue weighted by Gasteiger charge is -2.12. The van der Waals surface area contributed by atoms with Crippen LogP contribution >= 0.6 is 0 Å². The van der Waals surface area contributed by atoms with E-state index >= 15 is 0 Å². The van der Waals surface area contributed by atoms with E-state index in [0.29, 0.717) is 21.2 Å². The van der Waals surface area contributed by atoms with Crippen LogP contribution in [0.25, 0.3) is 33.3 Å². The lowest BCUT2D eigenvalue weighted by molar-refractivity contribution is 0.0690. The fourth-order valence-electron chi connectivity index (χ4n) is 2.96. The van der Waals surface area contributed by atoms with Gasteiger partial charge in [-0.25, -0.2) is 9.78 Å². The lowest BCUT2D eigenvalue weighted by atomic mass is 10.0. The van der Waals surface area contributed by atoms with E-state index in [1.54, 1.807) is 48.7 Å². The van der Waals surface area contributed by atoms with Gasteiger partial charge in [-0.05, 0) is 29.8 Å². The molecule has 0 atom stereocenters. The Morgan fingerprint density at radius 2 is 1.74 bits per heavy atom. The van der Waals surface area contributed by atoms with Gasteiger partial charge in [-0.2, -0.15) is 0 Å². The second-order valence-electron chi connectivity index (χ2n) is 5.88. The number of pyridine rings is 3. The van der Waals surface area contributed by atoms with Crippen LogP contribution in [0.3, 0.4) is 0 Å². The molecule has 0 amide bonds. The van der Waals surface area contributed by atoms with E-state index in [4.69, 9.17) is 0 Å². The van der Waals surface area contributed by atoms with Gasteiger partial charge < -0.3 is 10.3 Å². The first kappa shape index (κ1) is 16.5. The Bertz CT molecular complexity index is 1220. The van der Waals surface area contributed by atoms with Crippen molar-refractivity contribution in [3.05, 3.63) is 83.0 Å². The highest BCUT2D eigenvalue weighted by atomic mass is 16.5. The summed E-state index contributed by atoms with van der Waals surface area (Å²) < 4.78 is 0.513. The third-order valence-corrected chi connectivity index (χ3v) is 4.20. The van der Waals surface area contributed by atoms with E-state index in [1.807, 2.05) is 6.07 Å². The van der Waals surface area contributed by atoms with Gasteiger partial charge in [0, 0.05) is 23.3 Å².